The number of aliphatic carboxylic acids is 1. The number of halogens is 4. The molecule has 10 heteroatoms. The predicted octanol–water partition coefficient (Wildman–Crippen LogP) is 1.35. The lowest BCUT2D eigenvalue weighted by Crippen LogP contribution is -2.25. The summed E-state index contributed by atoms with van der Waals surface area (Å²) in [4.78, 5) is 13.4. The molecule has 0 radical (unpaired) electrons. The van der Waals surface area contributed by atoms with Gasteiger partial charge in [-0.25, -0.2) is 13.5 Å². The summed E-state index contributed by atoms with van der Waals surface area (Å²) in [7, 11) is 1.21. The molecular formula is C7H7F4N3O2S. The maximum atomic E-state index is 12.9. The van der Waals surface area contributed by atoms with E-state index in [4.69, 9.17) is 5.11 Å². The third-order valence-electron chi connectivity index (χ3n) is 1.62. The topological polar surface area (TPSA) is 68.0 Å². The molecule has 0 fully saturated rings. The Kier molecular flexibility index (Phi) is 3.96. The maximum absolute atomic E-state index is 12.9. The first kappa shape index (κ1) is 13.7. The normalized spacial score (nSPS) is 12.1. The highest BCUT2D eigenvalue weighted by Gasteiger charge is 2.47. The fourth-order valence-corrected chi connectivity index (χ4v) is 1.49. The van der Waals surface area contributed by atoms with Crippen molar-refractivity contribution in [3.05, 3.63) is 5.82 Å². The summed E-state index contributed by atoms with van der Waals surface area (Å²) in [5.41, 5.74) is 0. The number of carboxylic acid groups (broad SMARTS) is 1. The zero-order valence-corrected chi connectivity index (χ0v) is 9.22. The second kappa shape index (κ2) is 4.90. The van der Waals surface area contributed by atoms with E-state index in [0.717, 1.165) is 4.68 Å². The fraction of sp³-hybridized carbons (Fsp3) is 0.571. The van der Waals surface area contributed by atoms with E-state index >= 15 is 0 Å². The molecule has 0 unspecified atom stereocenters. The third-order valence-corrected chi connectivity index (χ3v) is 2.63. The lowest BCUT2D eigenvalue weighted by molar-refractivity contribution is -0.141. The molecule has 0 aliphatic rings. The Morgan fingerprint density at radius 2 is 2.18 bits per heavy atom. The summed E-state index contributed by atoms with van der Waals surface area (Å²) in [5.74, 6) is -7.37. The maximum Gasteiger partial charge on any atom is 0.367 e. The molecule has 0 atom stereocenters. The minimum absolute atomic E-state index is 0.164. The summed E-state index contributed by atoms with van der Waals surface area (Å²) >= 11 is 0.615. The van der Waals surface area contributed by atoms with Gasteiger partial charge in [0.2, 0.25) is 5.82 Å². The van der Waals surface area contributed by atoms with Gasteiger partial charge >= 0.3 is 18.3 Å². The summed E-state index contributed by atoms with van der Waals surface area (Å²) in [6.45, 7) is 0. The van der Waals surface area contributed by atoms with E-state index in [-0.39, 0.29) is 5.16 Å². The molecule has 0 saturated carbocycles. The number of aryl methyl sites for hydroxylation is 1. The van der Waals surface area contributed by atoms with Crippen molar-refractivity contribution in [3.63, 3.8) is 0 Å². The molecule has 0 aliphatic carbocycles. The zero-order valence-electron chi connectivity index (χ0n) is 8.40. The van der Waals surface area contributed by atoms with Crippen LogP contribution in [0.1, 0.15) is 5.82 Å². The first-order valence-corrected chi connectivity index (χ1v) is 5.15. The van der Waals surface area contributed by atoms with Crippen LogP contribution in [0.25, 0.3) is 0 Å². The van der Waals surface area contributed by atoms with Gasteiger partial charge in [-0.3, -0.25) is 4.79 Å². The van der Waals surface area contributed by atoms with Crippen LogP contribution in [0.2, 0.25) is 0 Å². The van der Waals surface area contributed by atoms with E-state index in [2.05, 4.69) is 10.1 Å². The van der Waals surface area contributed by atoms with Crippen molar-refractivity contribution in [2.24, 2.45) is 7.05 Å². The zero-order chi connectivity index (χ0) is 13.2. The number of hydrogen-bond donors (Lipinski definition) is 1. The summed E-state index contributed by atoms with van der Waals surface area (Å²) in [6, 6.07) is 0. The minimum atomic E-state index is -4.44. The van der Waals surface area contributed by atoms with Crippen molar-refractivity contribution >= 4 is 17.7 Å². The Balaban J connectivity index is 2.92. The molecule has 17 heavy (non-hydrogen) atoms. The lowest BCUT2D eigenvalue weighted by Gasteiger charge is -2.09. The molecule has 1 aromatic rings. The van der Waals surface area contributed by atoms with Crippen LogP contribution in [0.3, 0.4) is 0 Å². The van der Waals surface area contributed by atoms with Crippen LogP contribution in [-0.2, 0) is 17.8 Å². The number of thioether (sulfide) groups is 1. The number of carboxylic acids is 1. The van der Waals surface area contributed by atoms with Gasteiger partial charge in [-0.1, -0.05) is 11.8 Å². The molecule has 0 spiro atoms. The van der Waals surface area contributed by atoms with E-state index in [0.29, 0.717) is 11.8 Å². The predicted molar refractivity (Wildman–Crippen MR) is 49.3 cm³/mol. The van der Waals surface area contributed by atoms with Gasteiger partial charge < -0.3 is 5.11 Å². The first-order chi connectivity index (χ1) is 7.75. The van der Waals surface area contributed by atoms with Gasteiger partial charge in [0.05, 0.1) is 5.75 Å². The summed E-state index contributed by atoms with van der Waals surface area (Å²) < 4.78 is 50.6. The number of carbonyl (C=O) groups is 1. The Hall–Kier alpha value is -1.32. The van der Waals surface area contributed by atoms with Crippen LogP contribution < -0.4 is 0 Å². The van der Waals surface area contributed by atoms with Crippen LogP contribution in [0.5, 0.6) is 0 Å². The van der Waals surface area contributed by atoms with E-state index in [1.165, 1.54) is 7.05 Å². The molecule has 1 N–H and O–H groups in total. The van der Waals surface area contributed by atoms with Gasteiger partial charge in [0, 0.05) is 7.05 Å². The van der Waals surface area contributed by atoms with Crippen LogP contribution in [0.15, 0.2) is 5.16 Å². The molecule has 0 aliphatic heterocycles. The van der Waals surface area contributed by atoms with Gasteiger partial charge in [0.25, 0.3) is 0 Å². The average Bonchev–Trinajstić information content (AvgIpc) is 2.57. The van der Waals surface area contributed by atoms with Crippen LogP contribution >= 0.6 is 11.8 Å². The van der Waals surface area contributed by atoms with E-state index in [1.54, 1.807) is 0 Å². The molecule has 1 heterocycles. The largest absolute Gasteiger partial charge is 0.481 e. The number of nitrogens with zero attached hydrogens (tertiary/aromatic N) is 3. The van der Waals surface area contributed by atoms with Crippen molar-refractivity contribution < 1.29 is 27.5 Å². The number of aromatic nitrogens is 3. The van der Waals surface area contributed by atoms with Crippen LogP contribution in [-0.4, -0.2) is 38.0 Å². The highest BCUT2D eigenvalue weighted by atomic mass is 32.2. The van der Waals surface area contributed by atoms with Crippen molar-refractivity contribution in [2.75, 3.05) is 5.75 Å². The molecule has 1 rings (SSSR count). The smallest absolute Gasteiger partial charge is 0.367 e. The molecule has 1 aromatic heterocycles. The quantitative estimate of drug-likeness (QED) is 0.648. The van der Waals surface area contributed by atoms with Gasteiger partial charge in [0.1, 0.15) is 0 Å². The number of alkyl halides is 4. The van der Waals surface area contributed by atoms with Crippen LogP contribution in [0, 0.1) is 0 Å². The first-order valence-electron chi connectivity index (χ1n) is 4.17. The van der Waals surface area contributed by atoms with Gasteiger partial charge in [0.15, 0.2) is 5.16 Å². The van der Waals surface area contributed by atoms with Crippen molar-refractivity contribution in [1.29, 1.82) is 0 Å². The molecule has 0 aromatic carbocycles. The average molecular weight is 273 g/mol. The fourth-order valence-electron chi connectivity index (χ4n) is 0.861. The highest BCUT2D eigenvalue weighted by Crippen LogP contribution is 2.33. The number of hydrogen-bond acceptors (Lipinski definition) is 4. The monoisotopic (exact) mass is 273 g/mol. The molecule has 96 valence electrons. The van der Waals surface area contributed by atoms with Crippen molar-refractivity contribution in [3.8, 4) is 0 Å². The number of rotatable bonds is 5. The second-order valence-electron chi connectivity index (χ2n) is 2.95. The summed E-state index contributed by atoms with van der Waals surface area (Å²) in [6.07, 6.45) is -3.91. The van der Waals surface area contributed by atoms with Gasteiger partial charge in [-0.2, -0.15) is 13.8 Å². The second-order valence-corrected chi connectivity index (χ2v) is 3.89. The molecular weight excluding hydrogens is 266 g/mol. The Labute approximate surface area is 96.8 Å². The molecule has 0 bridgehead atoms. The molecule has 5 nitrogen and oxygen atoms in total. The van der Waals surface area contributed by atoms with Gasteiger partial charge in [-0.15, -0.1) is 5.10 Å². The standard InChI is InChI=1S/C7H7F4N3O2S/c1-14-6(17-2-3(15)16)12-5(13-14)7(10,11)4(8)9/h4H,2H2,1H3,(H,15,16). The van der Waals surface area contributed by atoms with E-state index in [1.807, 2.05) is 0 Å². The van der Waals surface area contributed by atoms with Crippen molar-refractivity contribution in [2.45, 2.75) is 17.5 Å². The Bertz CT molecular complexity index is 423. The third kappa shape index (κ3) is 3.08. The van der Waals surface area contributed by atoms with E-state index < -0.39 is 29.9 Å². The van der Waals surface area contributed by atoms with E-state index in [9.17, 15) is 22.4 Å². The Morgan fingerprint density at radius 1 is 1.59 bits per heavy atom. The lowest BCUT2D eigenvalue weighted by atomic mass is 10.3. The Morgan fingerprint density at radius 3 is 2.65 bits per heavy atom. The highest BCUT2D eigenvalue weighted by molar-refractivity contribution is 7.99. The van der Waals surface area contributed by atoms with Crippen LogP contribution in [0.4, 0.5) is 17.6 Å². The van der Waals surface area contributed by atoms with Crippen molar-refractivity contribution in [1.82, 2.24) is 14.8 Å². The minimum Gasteiger partial charge on any atom is -0.481 e. The molecule has 0 saturated heterocycles. The summed E-state index contributed by atoms with van der Waals surface area (Å²) in [5, 5.41) is 11.4. The van der Waals surface area contributed by atoms with Gasteiger partial charge in [-0.05, 0) is 0 Å². The molecule has 0 amide bonds. The SMILES string of the molecule is Cn1nc(C(F)(F)C(F)F)nc1SCC(=O)O.